The third kappa shape index (κ3) is 5.17. The van der Waals surface area contributed by atoms with Crippen LogP contribution in [0.5, 0.6) is 11.5 Å². The van der Waals surface area contributed by atoms with Gasteiger partial charge in [0.25, 0.3) is 0 Å². The van der Waals surface area contributed by atoms with E-state index in [2.05, 4.69) is 5.32 Å². The van der Waals surface area contributed by atoms with Gasteiger partial charge in [-0.1, -0.05) is 18.2 Å². The molecule has 2 aromatic carbocycles. The zero-order valence-corrected chi connectivity index (χ0v) is 19.6. The fourth-order valence-corrected chi connectivity index (χ4v) is 5.05. The highest BCUT2D eigenvalue weighted by Crippen LogP contribution is 2.43. The first-order valence-electron chi connectivity index (χ1n) is 11.6. The molecule has 2 aliphatic rings. The number of benzene rings is 2. The number of hydrogen-bond donors (Lipinski definition) is 1. The molecule has 1 fully saturated rings. The summed E-state index contributed by atoms with van der Waals surface area (Å²) in [4.78, 5) is 25.6. The second kappa shape index (κ2) is 10.9. The van der Waals surface area contributed by atoms with Gasteiger partial charge >= 0.3 is 0 Å². The Hall–Kier alpha value is -3.13. The summed E-state index contributed by atoms with van der Waals surface area (Å²) in [6.45, 7) is 1.69. The topological polar surface area (TPSA) is 77.1 Å². The summed E-state index contributed by atoms with van der Waals surface area (Å²) in [5.41, 5.74) is 2.85. The molecule has 182 valence electrons. The lowest BCUT2D eigenvalue weighted by Crippen LogP contribution is -2.44. The highest BCUT2D eigenvalue weighted by atomic mass is 19.1. The van der Waals surface area contributed by atoms with Gasteiger partial charge in [0.1, 0.15) is 11.9 Å². The molecule has 2 amide bonds. The highest BCUT2D eigenvalue weighted by Gasteiger charge is 2.37. The van der Waals surface area contributed by atoms with E-state index >= 15 is 0 Å². The summed E-state index contributed by atoms with van der Waals surface area (Å²) in [6.07, 6.45) is 2.96. The lowest BCUT2D eigenvalue weighted by molar-refractivity contribution is -0.133. The third-order valence-electron chi connectivity index (χ3n) is 6.85. The van der Waals surface area contributed by atoms with E-state index in [1.807, 2.05) is 17.0 Å². The SMILES string of the molecule is COc1ccc2c(c1OC)C[C@@H](C1CCN(C(=O)Cc3ccc(F)cc3)CC1)O[C@H]2CNC=O. The maximum absolute atomic E-state index is 13.1. The van der Waals surface area contributed by atoms with E-state index in [1.54, 1.807) is 26.4 Å². The largest absolute Gasteiger partial charge is 0.493 e. The summed E-state index contributed by atoms with van der Waals surface area (Å²) < 4.78 is 30.8. The van der Waals surface area contributed by atoms with E-state index in [9.17, 15) is 14.0 Å². The zero-order valence-electron chi connectivity index (χ0n) is 19.6. The van der Waals surface area contributed by atoms with Crippen molar-refractivity contribution in [1.29, 1.82) is 0 Å². The zero-order chi connectivity index (χ0) is 24.1. The molecule has 0 spiro atoms. The van der Waals surface area contributed by atoms with Crippen molar-refractivity contribution >= 4 is 12.3 Å². The maximum Gasteiger partial charge on any atom is 0.226 e. The molecule has 7 nitrogen and oxygen atoms in total. The molecule has 34 heavy (non-hydrogen) atoms. The summed E-state index contributed by atoms with van der Waals surface area (Å²) in [7, 11) is 3.25. The molecular formula is C26H31FN2O5. The molecule has 2 atom stereocenters. The third-order valence-corrected chi connectivity index (χ3v) is 6.85. The number of fused-ring (bicyclic) bond motifs is 1. The van der Waals surface area contributed by atoms with Crippen LogP contribution in [0.1, 0.15) is 35.6 Å². The van der Waals surface area contributed by atoms with Crippen molar-refractivity contribution in [2.24, 2.45) is 5.92 Å². The van der Waals surface area contributed by atoms with Crippen LogP contribution in [0.3, 0.4) is 0 Å². The first-order valence-corrected chi connectivity index (χ1v) is 11.6. The Morgan fingerprint density at radius 3 is 2.53 bits per heavy atom. The molecule has 2 aliphatic heterocycles. The number of amides is 2. The van der Waals surface area contributed by atoms with Crippen molar-refractivity contribution < 1.29 is 28.2 Å². The highest BCUT2D eigenvalue weighted by molar-refractivity contribution is 5.78. The number of rotatable bonds is 8. The van der Waals surface area contributed by atoms with E-state index in [-0.39, 0.29) is 36.3 Å². The molecule has 2 heterocycles. The number of carbonyl (C=O) groups is 2. The van der Waals surface area contributed by atoms with E-state index in [4.69, 9.17) is 14.2 Å². The lowest BCUT2D eigenvalue weighted by atomic mass is 9.83. The van der Waals surface area contributed by atoms with Gasteiger partial charge in [0, 0.05) is 31.6 Å². The van der Waals surface area contributed by atoms with E-state index in [0.717, 1.165) is 29.5 Å². The molecular weight excluding hydrogens is 439 g/mol. The standard InChI is InChI=1S/C26H31FN2O5/c1-32-22-8-7-20-21(26(22)33-2)14-23(34-24(20)15-28-16-30)18-9-11-29(12-10-18)25(31)13-17-3-5-19(27)6-4-17/h3-8,16,18,23-24H,9-15H2,1-2H3,(H,28,30)/t23-,24-/m0/s1. The minimum atomic E-state index is -0.304. The Balaban J connectivity index is 1.44. The number of likely N-dealkylation sites (tertiary alicyclic amines) is 1. The monoisotopic (exact) mass is 470 g/mol. The summed E-state index contributed by atoms with van der Waals surface area (Å²) >= 11 is 0. The number of ether oxygens (including phenoxy) is 3. The second-order valence-electron chi connectivity index (χ2n) is 8.78. The van der Waals surface area contributed by atoms with Gasteiger partial charge in [0.2, 0.25) is 12.3 Å². The van der Waals surface area contributed by atoms with Crippen LogP contribution in [0.15, 0.2) is 36.4 Å². The first-order chi connectivity index (χ1) is 16.5. The van der Waals surface area contributed by atoms with Gasteiger partial charge in [0.15, 0.2) is 11.5 Å². The summed E-state index contributed by atoms with van der Waals surface area (Å²) in [6, 6.07) is 9.91. The van der Waals surface area contributed by atoms with Crippen molar-refractivity contribution in [3.63, 3.8) is 0 Å². The Morgan fingerprint density at radius 1 is 1.15 bits per heavy atom. The Bertz CT molecular complexity index is 1000. The molecule has 0 radical (unpaired) electrons. The normalized spacial score (nSPS) is 20.4. The smallest absolute Gasteiger partial charge is 0.226 e. The van der Waals surface area contributed by atoms with E-state index in [0.29, 0.717) is 44.0 Å². The number of piperidine rings is 1. The quantitative estimate of drug-likeness (QED) is 0.600. The van der Waals surface area contributed by atoms with Crippen LogP contribution in [0, 0.1) is 11.7 Å². The average Bonchev–Trinajstić information content (AvgIpc) is 2.87. The molecule has 0 aromatic heterocycles. The van der Waals surface area contributed by atoms with Gasteiger partial charge in [-0.25, -0.2) is 4.39 Å². The van der Waals surface area contributed by atoms with Crippen molar-refractivity contribution in [2.45, 2.75) is 37.9 Å². The van der Waals surface area contributed by atoms with Crippen molar-refractivity contribution in [3.05, 3.63) is 58.9 Å². The number of nitrogens with one attached hydrogen (secondary N) is 1. The molecule has 8 heteroatoms. The number of halogens is 1. The van der Waals surface area contributed by atoms with Crippen molar-refractivity contribution in [2.75, 3.05) is 33.9 Å². The van der Waals surface area contributed by atoms with Crippen LogP contribution in [0.2, 0.25) is 0 Å². The van der Waals surface area contributed by atoms with Crippen molar-refractivity contribution in [3.8, 4) is 11.5 Å². The average molecular weight is 471 g/mol. The Kier molecular flexibility index (Phi) is 7.67. The van der Waals surface area contributed by atoms with Crippen LogP contribution >= 0.6 is 0 Å². The maximum atomic E-state index is 13.1. The lowest BCUT2D eigenvalue weighted by Gasteiger charge is -2.41. The van der Waals surface area contributed by atoms with Crippen LogP contribution in [0.25, 0.3) is 0 Å². The van der Waals surface area contributed by atoms with Crippen LogP contribution in [0.4, 0.5) is 4.39 Å². The number of hydrogen-bond acceptors (Lipinski definition) is 5. The summed E-state index contributed by atoms with van der Waals surface area (Å²) in [5, 5.41) is 2.74. The fraction of sp³-hybridized carbons (Fsp3) is 0.462. The number of carbonyl (C=O) groups excluding carboxylic acids is 2. The van der Waals surface area contributed by atoms with Crippen molar-refractivity contribution in [1.82, 2.24) is 10.2 Å². The predicted octanol–water partition coefficient (Wildman–Crippen LogP) is 3.05. The molecule has 0 aliphatic carbocycles. The Labute approximate surface area is 199 Å². The minimum Gasteiger partial charge on any atom is -0.493 e. The van der Waals surface area contributed by atoms with Gasteiger partial charge in [-0.3, -0.25) is 9.59 Å². The molecule has 4 rings (SSSR count). The van der Waals surface area contributed by atoms with E-state index in [1.165, 1.54) is 12.1 Å². The van der Waals surface area contributed by atoms with Gasteiger partial charge < -0.3 is 24.4 Å². The predicted molar refractivity (Wildman–Crippen MR) is 124 cm³/mol. The minimum absolute atomic E-state index is 0.0543. The first kappa shape index (κ1) is 24.0. The fourth-order valence-electron chi connectivity index (χ4n) is 5.05. The molecule has 0 unspecified atom stereocenters. The summed E-state index contributed by atoms with van der Waals surface area (Å²) in [5.74, 6) is 1.40. The second-order valence-corrected chi connectivity index (χ2v) is 8.78. The van der Waals surface area contributed by atoms with Gasteiger partial charge in [-0.2, -0.15) is 0 Å². The molecule has 0 bridgehead atoms. The number of nitrogens with zero attached hydrogens (tertiary/aromatic N) is 1. The molecule has 1 N–H and O–H groups in total. The molecule has 1 saturated heterocycles. The van der Waals surface area contributed by atoms with Crippen LogP contribution in [-0.4, -0.2) is 57.2 Å². The molecule has 0 saturated carbocycles. The Morgan fingerprint density at radius 2 is 1.88 bits per heavy atom. The van der Waals surface area contributed by atoms with Gasteiger partial charge in [-0.05, 0) is 48.1 Å². The van der Waals surface area contributed by atoms with Gasteiger partial charge in [-0.15, -0.1) is 0 Å². The number of methoxy groups -OCH3 is 2. The van der Waals surface area contributed by atoms with Crippen LogP contribution < -0.4 is 14.8 Å². The van der Waals surface area contributed by atoms with Gasteiger partial charge in [0.05, 0.1) is 26.7 Å². The van der Waals surface area contributed by atoms with E-state index < -0.39 is 0 Å². The van der Waals surface area contributed by atoms with Crippen LogP contribution in [-0.2, 0) is 27.2 Å². The molecule has 2 aromatic rings.